The van der Waals surface area contributed by atoms with Crippen LogP contribution >= 0.6 is 0 Å². The van der Waals surface area contributed by atoms with Crippen molar-refractivity contribution in [2.75, 3.05) is 36.4 Å². The maximum Gasteiger partial charge on any atom is 0.407 e. The highest BCUT2D eigenvalue weighted by Crippen LogP contribution is 2.32. The summed E-state index contributed by atoms with van der Waals surface area (Å²) < 4.78 is 14.4. The number of amides is 2. The molecule has 0 radical (unpaired) electrons. The fourth-order valence-corrected chi connectivity index (χ4v) is 3.32. The van der Waals surface area contributed by atoms with Crippen molar-refractivity contribution in [3.63, 3.8) is 0 Å². The lowest BCUT2D eigenvalue weighted by molar-refractivity contribution is -0.115. The van der Waals surface area contributed by atoms with Gasteiger partial charge >= 0.3 is 6.09 Å². The van der Waals surface area contributed by atoms with Gasteiger partial charge in [-0.3, -0.25) is 4.79 Å². The molecular weight excluding hydrogens is 339 g/mol. The third-order valence-electron chi connectivity index (χ3n) is 4.75. The highest BCUT2D eigenvalue weighted by atomic mass is 19.1. The van der Waals surface area contributed by atoms with E-state index in [-0.39, 0.29) is 18.1 Å². The van der Waals surface area contributed by atoms with E-state index in [0.717, 1.165) is 5.82 Å². The Morgan fingerprint density at radius 2 is 1.96 bits per heavy atom. The minimum absolute atomic E-state index is 0.134. The highest BCUT2D eigenvalue weighted by molar-refractivity contribution is 6.00. The Balaban J connectivity index is 1.53. The maximum absolute atomic E-state index is 14.4. The van der Waals surface area contributed by atoms with Gasteiger partial charge in [-0.15, -0.1) is 0 Å². The molecule has 26 heavy (non-hydrogen) atoms. The molecule has 0 bridgehead atoms. The number of carbonyl (C=O) groups is 2. The summed E-state index contributed by atoms with van der Waals surface area (Å²) in [6, 6.07) is 6.62. The van der Waals surface area contributed by atoms with Crippen LogP contribution in [0.4, 0.5) is 20.7 Å². The first-order valence-corrected chi connectivity index (χ1v) is 8.33. The van der Waals surface area contributed by atoms with E-state index >= 15 is 0 Å². The lowest BCUT2D eigenvalue weighted by Crippen LogP contribution is -2.48. The molecule has 1 saturated heterocycles. The molecule has 2 amide bonds. The van der Waals surface area contributed by atoms with Gasteiger partial charge in [0.25, 0.3) is 0 Å². The molecule has 7 nitrogen and oxygen atoms in total. The fourth-order valence-electron chi connectivity index (χ4n) is 3.32. The van der Waals surface area contributed by atoms with E-state index in [1.54, 1.807) is 24.4 Å². The normalized spacial score (nSPS) is 16.4. The van der Waals surface area contributed by atoms with E-state index in [4.69, 9.17) is 5.11 Å². The van der Waals surface area contributed by atoms with Crippen molar-refractivity contribution in [3.8, 4) is 11.1 Å². The summed E-state index contributed by atoms with van der Waals surface area (Å²) in [7, 11) is 0. The Labute approximate surface area is 149 Å². The summed E-state index contributed by atoms with van der Waals surface area (Å²) >= 11 is 0. The fraction of sp³-hybridized carbons (Fsp3) is 0.278. The SMILES string of the molecule is O=C1Cc2cc(F)c(-c3ccc(N4CCN(C(=O)O)CC4)nc3)cc2N1. The summed E-state index contributed by atoms with van der Waals surface area (Å²) in [6.45, 7) is 1.99. The van der Waals surface area contributed by atoms with Gasteiger partial charge in [0.05, 0.1) is 6.42 Å². The van der Waals surface area contributed by atoms with Gasteiger partial charge in [0.1, 0.15) is 11.6 Å². The second-order valence-electron chi connectivity index (χ2n) is 6.38. The largest absolute Gasteiger partial charge is 0.465 e. The van der Waals surface area contributed by atoms with Crippen LogP contribution in [-0.4, -0.2) is 53.2 Å². The van der Waals surface area contributed by atoms with E-state index in [1.165, 1.54) is 11.0 Å². The number of piperazine rings is 1. The Morgan fingerprint density at radius 1 is 1.19 bits per heavy atom. The van der Waals surface area contributed by atoms with Crippen LogP contribution in [0.15, 0.2) is 30.5 Å². The topological polar surface area (TPSA) is 85.8 Å². The van der Waals surface area contributed by atoms with Crippen molar-refractivity contribution in [1.82, 2.24) is 9.88 Å². The van der Waals surface area contributed by atoms with Crippen molar-refractivity contribution in [2.24, 2.45) is 0 Å². The molecule has 4 rings (SSSR count). The monoisotopic (exact) mass is 356 g/mol. The number of anilines is 2. The molecule has 0 spiro atoms. The van der Waals surface area contributed by atoms with Gasteiger partial charge in [-0.1, -0.05) is 0 Å². The summed E-state index contributed by atoms with van der Waals surface area (Å²) in [5, 5.41) is 11.7. The van der Waals surface area contributed by atoms with E-state index in [1.807, 2.05) is 4.90 Å². The summed E-state index contributed by atoms with van der Waals surface area (Å²) in [6.07, 6.45) is 0.888. The molecule has 1 fully saturated rings. The predicted molar refractivity (Wildman–Crippen MR) is 93.8 cm³/mol. The lowest BCUT2D eigenvalue weighted by atomic mass is 10.0. The molecular formula is C18H17FN4O3. The maximum atomic E-state index is 14.4. The Bertz CT molecular complexity index is 877. The number of pyridine rings is 1. The van der Waals surface area contributed by atoms with Crippen LogP contribution in [-0.2, 0) is 11.2 Å². The van der Waals surface area contributed by atoms with Crippen molar-refractivity contribution >= 4 is 23.5 Å². The average molecular weight is 356 g/mol. The summed E-state index contributed by atoms with van der Waals surface area (Å²) in [4.78, 5) is 30.2. The van der Waals surface area contributed by atoms with Gasteiger partial charge in [0, 0.05) is 49.2 Å². The van der Waals surface area contributed by atoms with Crippen LogP contribution in [0.25, 0.3) is 11.1 Å². The first-order chi connectivity index (χ1) is 12.5. The molecule has 0 unspecified atom stereocenters. The highest BCUT2D eigenvalue weighted by Gasteiger charge is 2.22. The second-order valence-corrected chi connectivity index (χ2v) is 6.38. The molecule has 1 aromatic heterocycles. The first kappa shape index (κ1) is 16.3. The van der Waals surface area contributed by atoms with Crippen molar-refractivity contribution < 1.29 is 19.1 Å². The molecule has 0 aliphatic carbocycles. The van der Waals surface area contributed by atoms with E-state index in [0.29, 0.717) is 48.6 Å². The zero-order valence-electron chi connectivity index (χ0n) is 13.9. The number of aromatic nitrogens is 1. The molecule has 134 valence electrons. The van der Waals surface area contributed by atoms with Gasteiger partial charge in [0.15, 0.2) is 0 Å². The molecule has 2 N–H and O–H groups in total. The van der Waals surface area contributed by atoms with E-state index in [9.17, 15) is 14.0 Å². The zero-order valence-corrected chi connectivity index (χ0v) is 13.9. The van der Waals surface area contributed by atoms with Gasteiger partial charge < -0.3 is 20.2 Å². The molecule has 2 aliphatic rings. The van der Waals surface area contributed by atoms with Gasteiger partial charge in [-0.25, -0.2) is 14.2 Å². The van der Waals surface area contributed by atoms with E-state index in [2.05, 4.69) is 10.3 Å². The Hall–Kier alpha value is -3.16. The number of rotatable bonds is 2. The predicted octanol–water partition coefficient (Wildman–Crippen LogP) is 2.18. The minimum atomic E-state index is -0.910. The number of carbonyl (C=O) groups excluding carboxylic acids is 1. The van der Waals surface area contributed by atoms with Crippen molar-refractivity contribution in [2.45, 2.75) is 6.42 Å². The average Bonchev–Trinajstić information content (AvgIpc) is 3.00. The van der Waals surface area contributed by atoms with Crippen LogP contribution in [0, 0.1) is 5.82 Å². The summed E-state index contributed by atoms with van der Waals surface area (Å²) in [5.41, 5.74) is 2.32. The number of benzene rings is 1. The minimum Gasteiger partial charge on any atom is -0.465 e. The molecule has 2 aromatic rings. The molecule has 3 heterocycles. The second kappa shape index (κ2) is 6.29. The quantitative estimate of drug-likeness (QED) is 0.861. The first-order valence-electron chi connectivity index (χ1n) is 8.33. The molecule has 1 aromatic carbocycles. The third-order valence-corrected chi connectivity index (χ3v) is 4.75. The van der Waals surface area contributed by atoms with Gasteiger partial charge in [0.2, 0.25) is 5.91 Å². The number of nitrogens with zero attached hydrogens (tertiary/aromatic N) is 3. The lowest BCUT2D eigenvalue weighted by Gasteiger charge is -2.33. The van der Waals surface area contributed by atoms with Gasteiger partial charge in [-0.05, 0) is 29.8 Å². The molecule has 2 aliphatic heterocycles. The van der Waals surface area contributed by atoms with Crippen LogP contribution in [0.3, 0.4) is 0 Å². The van der Waals surface area contributed by atoms with Crippen LogP contribution in [0.5, 0.6) is 0 Å². The Morgan fingerprint density at radius 3 is 2.62 bits per heavy atom. The van der Waals surface area contributed by atoms with Crippen molar-refractivity contribution in [3.05, 3.63) is 41.8 Å². The molecule has 0 saturated carbocycles. The van der Waals surface area contributed by atoms with Crippen LogP contribution in [0.2, 0.25) is 0 Å². The van der Waals surface area contributed by atoms with Crippen LogP contribution < -0.4 is 10.2 Å². The zero-order chi connectivity index (χ0) is 18.3. The summed E-state index contributed by atoms with van der Waals surface area (Å²) in [5.74, 6) is 0.212. The standard InChI is InChI=1S/C18H17FN4O3/c19-14-7-12-8-17(24)21-15(12)9-13(14)11-1-2-16(20-10-11)22-3-5-23(6-4-22)18(25)26/h1-2,7,9-10H,3-6,8H2,(H,21,24)(H,25,26). The number of hydrogen-bond donors (Lipinski definition) is 2. The number of fused-ring (bicyclic) bond motifs is 1. The van der Waals surface area contributed by atoms with Gasteiger partial charge in [-0.2, -0.15) is 0 Å². The Kier molecular flexibility index (Phi) is 3.95. The number of carboxylic acid groups (broad SMARTS) is 1. The molecule has 0 atom stereocenters. The van der Waals surface area contributed by atoms with E-state index < -0.39 is 6.09 Å². The smallest absolute Gasteiger partial charge is 0.407 e. The number of hydrogen-bond acceptors (Lipinski definition) is 4. The van der Waals surface area contributed by atoms with Crippen LogP contribution in [0.1, 0.15) is 5.56 Å². The third kappa shape index (κ3) is 2.94. The van der Waals surface area contributed by atoms with Crippen molar-refractivity contribution in [1.29, 1.82) is 0 Å². The number of halogens is 1. The molecule has 8 heteroatoms. The number of nitrogens with one attached hydrogen (secondary N) is 1.